The van der Waals surface area contributed by atoms with Gasteiger partial charge in [-0.2, -0.15) is 13.2 Å². The van der Waals surface area contributed by atoms with Crippen LogP contribution in [0.4, 0.5) is 13.2 Å². The molecule has 0 aliphatic rings. The Hall–Kier alpha value is -1.39. The summed E-state index contributed by atoms with van der Waals surface area (Å²) in [5, 5.41) is 9.26. The zero-order chi connectivity index (χ0) is 11.5. The normalized spacial score (nSPS) is 11.5. The van der Waals surface area contributed by atoms with Crippen molar-refractivity contribution >= 4 is 0 Å². The van der Waals surface area contributed by atoms with E-state index in [0.717, 1.165) is 18.6 Å². The highest BCUT2D eigenvalue weighted by Crippen LogP contribution is 2.35. The highest BCUT2D eigenvalue weighted by atomic mass is 19.4. The molecule has 5 heteroatoms. The summed E-state index contributed by atoms with van der Waals surface area (Å²) in [6.45, 7) is 2.22. The summed E-state index contributed by atoms with van der Waals surface area (Å²) in [5.74, 6) is -0.414. The van der Waals surface area contributed by atoms with E-state index in [2.05, 4.69) is 0 Å². The molecule has 0 aromatic heterocycles. The van der Waals surface area contributed by atoms with Gasteiger partial charge in [0.15, 0.2) is 11.5 Å². The van der Waals surface area contributed by atoms with Crippen molar-refractivity contribution in [3.05, 3.63) is 23.8 Å². The summed E-state index contributed by atoms with van der Waals surface area (Å²) < 4.78 is 41.6. The Bertz CT molecular complexity index is 334. The summed E-state index contributed by atoms with van der Waals surface area (Å²) >= 11 is 0. The van der Waals surface area contributed by atoms with E-state index in [1.807, 2.05) is 6.92 Å². The first-order valence-electron chi connectivity index (χ1n) is 4.48. The van der Waals surface area contributed by atoms with E-state index in [1.54, 1.807) is 0 Å². The smallest absolute Gasteiger partial charge is 0.416 e. The molecule has 0 atom stereocenters. The molecule has 0 bridgehead atoms. The van der Waals surface area contributed by atoms with E-state index in [1.165, 1.54) is 0 Å². The molecule has 1 aromatic rings. The van der Waals surface area contributed by atoms with Crippen LogP contribution in [0, 0.1) is 0 Å². The molecule has 0 radical (unpaired) electrons. The summed E-state index contributed by atoms with van der Waals surface area (Å²) in [6.07, 6.45) is -3.72. The molecule has 0 aliphatic heterocycles. The molecule has 1 rings (SSSR count). The van der Waals surface area contributed by atoms with Crippen molar-refractivity contribution in [3.8, 4) is 11.5 Å². The Morgan fingerprint density at radius 2 is 2.00 bits per heavy atom. The molecule has 0 saturated carbocycles. The summed E-state index contributed by atoms with van der Waals surface area (Å²) in [6, 6.07) is 2.66. The Morgan fingerprint density at radius 3 is 2.47 bits per heavy atom. The van der Waals surface area contributed by atoms with Gasteiger partial charge in [0.05, 0.1) is 12.2 Å². The molecular formula is C10H11F3O2. The highest BCUT2D eigenvalue weighted by Gasteiger charge is 2.31. The molecule has 0 saturated heterocycles. The summed E-state index contributed by atoms with van der Waals surface area (Å²) in [7, 11) is 0. The van der Waals surface area contributed by atoms with Crippen molar-refractivity contribution in [2.75, 3.05) is 6.61 Å². The van der Waals surface area contributed by atoms with Crippen molar-refractivity contribution in [3.63, 3.8) is 0 Å². The predicted molar refractivity (Wildman–Crippen MR) is 48.9 cm³/mol. The monoisotopic (exact) mass is 220 g/mol. The summed E-state index contributed by atoms with van der Waals surface area (Å²) in [5.41, 5.74) is -0.885. The molecule has 0 heterocycles. The predicted octanol–water partition coefficient (Wildman–Crippen LogP) is 3.20. The van der Waals surface area contributed by atoms with Crippen LogP contribution in [0.2, 0.25) is 0 Å². The second kappa shape index (κ2) is 4.42. The Kier molecular flexibility index (Phi) is 3.44. The Labute approximate surface area is 85.3 Å². The van der Waals surface area contributed by atoms with Crippen molar-refractivity contribution < 1.29 is 23.0 Å². The van der Waals surface area contributed by atoms with Crippen molar-refractivity contribution in [2.24, 2.45) is 0 Å². The van der Waals surface area contributed by atoms with Gasteiger partial charge in [-0.3, -0.25) is 0 Å². The molecule has 84 valence electrons. The van der Waals surface area contributed by atoms with Gasteiger partial charge < -0.3 is 9.84 Å². The second-order valence-electron chi connectivity index (χ2n) is 3.03. The maximum Gasteiger partial charge on any atom is 0.416 e. The van der Waals surface area contributed by atoms with Gasteiger partial charge in [-0.25, -0.2) is 0 Å². The topological polar surface area (TPSA) is 29.5 Å². The summed E-state index contributed by atoms with van der Waals surface area (Å²) in [4.78, 5) is 0. The first kappa shape index (κ1) is 11.7. The fraction of sp³-hybridized carbons (Fsp3) is 0.400. The van der Waals surface area contributed by atoms with E-state index >= 15 is 0 Å². The third kappa shape index (κ3) is 3.04. The van der Waals surface area contributed by atoms with Gasteiger partial charge in [0.25, 0.3) is 0 Å². The molecule has 0 fully saturated rings. The fourth-order valence-electron chi connectivity index (χ4n) is 1.03. The molecular weight excluding hydrogens is 209 g/mol. The number of phenolic OH excluding ortho intramolecular Hbond substituents is 1. The van der Waals surface area contributed by atoms with E-state index < -0.39 is 17.5 Å². The molecule has 1 N–H and O–H groups in total. The van der Waals surface area contributed by atoms with Gasteiger partial charge in [0.1, 0.15) is 0 Å². The van der Waals surface area contributed by atoms with E-state index in [9.17, 15) is 18.3 Å². The van der Waals surface area contributed by atoms with Crippen LogP contribution < -0.4 is 4.74 Å². The second-order valence-corrected chi connectivity index (χ2v) is 3.03. The lowest BCUT2D eigenvalue weighted by atomic mass is 10.2. The average molecular weight is 220 g/mol. The van der Waals surface area contributed by atoms with Crippen LogP contribution in [-0.4, -0.2) is 11.7 Å². The highest BCUT2D eigenvalue weighted by molar-refractivity contribution is 5.42. The largest absolute Gasteiger partial charge is 0.504 e. The van der Waals surface area contributed by atoms with Crippen molar-refractivity contribution in [2.45, 2.75) is 19.5 Å². The van der Waals surface area contributed by atoms with Crippen LogP contribution in [0.15, 0.2) is 18.2 Å². The zero-order valence-corrected chi connectivity index (χ0v) is 8.14. The molecule has 0 amide bonds. The number of ether oxygens (including phenoxy) is 1. The lowest BCUT2D eigenvalue weighted by Crippen LogP contribution is -2.05. The van der Waals surface area contributed by atoms with Gasteiger partial charge in [-0.15, -0.1) is 0 Å². The third-order valence-electron chi connectivity index (χ3n) is 1.75. The minimum atomic E-state index is -4.44. The Balaban J connectivity index is 2.88. The standard InChI is InChI=1S/C10H11F3O2/c1-2-5-15-9-4-3-7(6-8(9)14)10(11,12)13/h3-4,6,14H,2,5H2,1H3. The number of alkyl halides is 3. The zero-order valence-electron chi connectivity index (χ0n) is 8.14. The van der Waals surface area contributed by atoms with Gasteiger partial charge in [0.2, 0.25) is 0 Å². The molecule has 15 heavy (non-hydrogen) atoms. The third-order valence-corrected chi connectivity index (χ3v) is 1.75. The quantitative estimate of drug-likeness (QED) is 0.847. The minimum absolute atomic E-state index is 0.0739. The van der Waals surface area contributed by atoms with Crippen LogP contribution in [0.1, 0.15) is 18.9 Å². The molecule has 0 spiro atoms. The lowest BCUT2D eigenvalue weighted by Gasteiger charge is -2.10. The van der Waals surface area contributed by atoms with Crippen LogP contribution in [0.25, 0.3) is 0 Å². The number of rotatable bonds is 3. The van der Waals surface area contributed by atoms with E-state index in [4.69, 9.17) is 4.74 Å². The van der Waals surface area contributed by atoms with E-state index in [-0.39, 0.29) is 5.75 Å². The van der Waals surface area contributed by atoms with E-state index in [0.29, 0.717) is 12.7 Å². The van der Waals surface area contributed by atoms with Crippen molar-refractivity contribution in [1.82, 2.24) is 0 Å². The lowest BCUT2D eigenvalue weighted by molar-refractivity contribution is -0.137. The van der Waals surface area contributed by atoms with Crippen LogP contribution in [0.5, 0.6) is 11.5 Å². The Morgan fingerprint density at radius 1 is 1.33 bits per heavy atom. The number of phenols is 1. The van der Waals surface area contributed by atoms with Crippen molar-refractivity contribution in [1.29, 1.82) is 0 Å². The average Bonchev–Trinajstić information content (AvgIpc) is 2.14. The molecule has 0 aliphatic carbocycles. The van der Waals surface area contributed by atoms with Crippen LogP contribution in [-0.2, 0) is 6.18 Å². The number of hydrogen-bond acceptors (Lipinski definition) is 2. The molecule has 2 nitrogen and oxygen atoms in total. The molecule has 1 aromatic carbocycles. The maximum atomic E-state index is 12.2. The van der Waals surface area contributed by atoms with Crippen LogP contribution in [0.3, 0.4) is 0 Å². The fourth-order valence-corrected chi connectivity index (χ4v) is 1.03. The van der Waals surface area contributed by atoms with Crippen LogP contribution >= 0.6 is 0 Å². The maximum absolute atomic E-state index is 12.2. The number of benzene rings is 1. The first-order chi connectivity index (χ1) is 6.95. The van der Waals surface area contributed by atoms with Gasteiger partial charge in [0, 0.05) is 0 Å². The minimum Gasteiger partial charge on any atom is -0.504 e. The molecule has 0 unspecified atom stereocenters. The van der Waals surface area contributed by atoms with Gasteiger partial charge in [-0.1, -0.05) is 6.92 Å². The first-order valence-corrected chi connectivity index (χ1v) is 4.48. The number of hydrogen-bond donors (Lipinski definition) is 1. The number of aromatic hydroxyl groups is 1. The SMILES string of the molecule is CCCOc1ccc(C(F)(F)F)cc1O. The van der Waals surface area contributed by atoms with Gasteiger partial charge in [-0.05, 0) is 24.6 Å². The number of halogens is 3. The van der Waals surface area contributed by atoms with Gasteiger partial charge >= 0.3 is 6.18 Å².